The summed E-state index contributed by atoms with van der Waals surface area (Å²) in [6.07, 6.45) is 1.57. The van der Waals surface area contributed by atoms with Crippen molar-refractivity contribution in [1.29, 1.82) is 0 Å². The van der Waals surface area contributed by atoms with Crippen LogP contribution in [0.1, 0.15) is 17.4 Å². The lowest BCUT2D eigenvalue weighted by molar-refractivity contribution is 0.718. The molecule has 7 heteroatoms. The van der Waals surface area contributed by atoms with Crippen molar-refractivity contribution >= 4 is 22.5 Å². The standard InChI is InChI=1S/C18H14ClN5O/c19-12-7-4-8-13-15(12)18(25)24(14-9-10-21-23-14)17(22-13)16(20)11-5-2-1-3-6-11/h1-10,16H,20H2,(H,21,23)/t16-/m0/s1. The van der Waals surface area contributed by atoms with Gasteiger partial charge in [0.15, 0.2) is 0 Å². The number of hydrogen-bond acceptors (Lipinski definition) is 4. The average Bonchev–Trinajstić information content (AvgIpc) is 3.15. The highest BCUT2D eigenvalue weighted by Crippen LogP contribution is 2.24. The van der Waals surface area contributed by atoms with Gasteiger partial charge in [-0.25, -0.2) is 9.55 Å². The van der Waals surface area contributed by atoms with E-state index in [9.17, 15) is 4.79 Å². The molecule has 0 spiro atoms. The molecular formula is C18H14ClN5O. The van der Waals surface area contributed by atoms with Crippen molar-refractivity contribution < 1.29 is 0 Å². The molecule has 0 unspecified atom stereocenters. The second kappa shape index (κ2) is 6.16. The molecule has 0 aliphatic heterocycles. The van der Waals surface area contributed by atoms with E-state index in [-0.39, 0.29) is 5.56 Å². The zero-order chi connectivity index (χ0) is 17.4. The fraction of sp³-hybridized carbons (Fsp3) is 0.0556. The van der Waals surface area contributed by atoms with Crippen LogP contribution in [0.25, 0.3) is 16.7 Å². The second-order valence-corrected chi connectivity index (χ2v) is 5.98. The number of nitrogens with one attached hydrogen (secondary N) is 1. The quantitative estimate of drug-likeness (QED) is 0.594. The number of nitrogens with two attached hydrogens (primary N) is 1. The maximum atomic E-state index is 13.1. The smallest absolute Gasteiger partial charge is 0.268 e. The minimum atomic E-state index is -0.583. The van der Waals surface area contributed by atoms with Crippen molar-refractivity contribution in [2.75, 3.05) is 0 Å². The van der Waals surface area contributed by atoms with Gasteiger partial charge in [0.1, 0.15) is 11.6 Å². The van der Waals surface area contributed by atoms with Gasteiger partial charge in [-0.1, -0.05) is 48.0 Å². The molecule has 0 amide bonds. The Labute approximate surface area is 147 Å². The zero-order valence-corrected chi connectivity index (χ0v) is 13.8. The number of fused-ring (bicyclic) bond motifs is 1. The van der Waals surface area contributed by atoms with Crippen LogP contribution in [0.5, 0.6) is 0 Å². The second-order valence-electron chi connectivity index (χ2n) is 5.57. The molecule has 2 aromatic heterocycles. The molecule has 4 aromatic rings. The lowest BCUT2D eigenvalue weighted by atomic mass is 10.1. The van der Waals surface area contributed by atoms with Crippen LogP contribution in [0, 0.1) is 0 Å². The minimum absolute atomic E-state index is 0.291. The summed E-state index contributed by atoms with van der Waals surface area (Å²) in [6.45, 7) is 0. The Bertz CT molecular complexity index is 1090. The van der Waals surface area contributed by atoms with E-state index in [2.05, 4.69) is 15.2 Å². The first-order chi connectivity index (χ1) is 12.2. The lowest BCUT2D eigenvalue weighted by Gasteiger charge is -2.18. The highest BCUT2D eigenvalue weighted by molar-refractivity contribution is 6.35. The molecule has 2 heterocycles. The van der Waals surface area contributed by atoms with E-state index in [0.29, 0.717) is 27.6 Å². The molecule has 3 N–H and O–H groups in total. The summed E-state index contributed by atoms with van der Waals surface area (Å²) in [6, 6.07) is 15.8. The maximum Gasteiger partial charge on any atom is 0.268 e. The van der Waals surface area contributed by atoms with Gasteiger partial charge in [-0.2, -0.15) is 5.10 Å². The van der Waals surface area contributed by atoms with Crippen molar-refractivity contribution in [3.05, 3.63) is 87.6 Å². The van der Waals surface area contributed by atoms with E-state index in [1.54, 1.807) is 30.5 Å². The molecule has 1 atom stereocenters. The van der Waals surface area contributed by atoms with E-state index in [0.717, 1.165) is 5.56 Å². The van der Waals surface area contributed by atoms with Crippen LogP contribution in [-0.2, 0) is 0 Å². The SMILES string of the molecule is N[C@@H](c1ccccc1)c1nc2cccc(Cl)c2c(=O)n1-c1ccn[nH]1. The normalized spacial score (nSPS) is 12.4. The molecule has 0 fully saturated rings. The fourth-order valence-corrected chi connectivity index (χ4v) is 3.08. The Morgan fingerprint density at radius 2 is 1.88 bits per heavy atom. The van der Waals surface area contributed by atoms with Crippen LogP contribution >= 0.6 is 11.6 Å². The zero-order valence-electron chi connectivity index (χ0n) is 13.1. The third kappa shape index (κ3) is 2.61. The van der Waals surface area contributed by atoms with Crippen molar-refractivity contribution in [3.8, 4) is 5.82 Å². The molecule has 0 saturated heterocycles. The number of aromatic amines is 1. The summed E-state index contributed by atoms with van der Waals surface area (Å²) in [7, 11) is 0. The summed E-state index contributed by atoms with van der Waals surface area (Å²) in [5.41, 5.74) is 7.50. The molecule has 0 saturated carbocycles. The minimum Gasteiger partial charge on any atom is -0.318 e. The molecule has 6 nitrogen and oxygen atoms in total. The van der Waals surface area contributed by atoms with Gasteiger partial charge in [-0.05, 0) is 17.7 Å². The lowest BCUT2D eigenvalue weighted by Crippen LogP contribution is -2.29. The van der Waals surface area contributed by atoms with Gasteiger partial charge in [0, 0.05) is 6.07 Å². The number of H-pyrrole nitrogens is 1. The molecule has 0 aliphatic rings. The first-order valence-electron chi connectivity index (χ1n) is 7.68. The highest BCUT2D eigenvalue weighted by atomic mass is 35.5. The van der Waals surface area contributed by atoms with Gasteiger partial charge in [-0.3, -0.25) is 9.89 Å². The van der Waals surface area contributed by atoms with E-state index in [1.165, 1.54) is 4.57 Å². The predicted octanol–water partition coefficient (Wildman–Crippen LogP) is 2.81. The third-order valence-corrected chi connectivity index (χ3v) is 4.35. The van der Waals surface area contributed by atoms with Crippen LogP contribution in [0.3, 0.4) is 0 Å². The Hall–Kier alpha value is -2.96. The van der Waals surface area contributed by atoms with E-state index >= 15 is 0 Å². The largest absolute Gasteiger partial charge is 0.318 e. The van der Waals surface area contributed by atoms with Crippen molar-refractivity contribution in [3.63, 3.8) is 0 Å². The first-order valence-corrected chi connectivity index (χ1v) is 8.06. The molecule has 0 radical (unpaired) electrons. The number of hydrogen-bond donors (Lipinski definition) is 2. The number of nitrogens with zero attached hydrogens (tertiary/aromatic N) is 3. The van der Waals surface area contributed by atoms with Gasteiger partial charge >= 0.3 is 0 Å². The summed E-state index contributed by atoms with van der Waals surface area (Å²) >= 11 is 6.23. The Balaban J connectivity index is 2.06. The van der Waals surface area contributed by atoms with Gasteiger partial charge in [-0.15, -0.1) is 0 Å². The van der Waals surface area contributed by atoms with Crippen LogP contribution in [0.2, 0.25) is 5.02 Å². The fourth-order valence-electron chi connectivity index (χ4n) is 2.83. The molecule has 2 aromatic carbocycles. The van der Waals surface area contributed by atoms with E-state index in [4.69, 9.17) is 17.3 Å². The average molecular weight is 352 g/mol. The van der Waals surface area contributed by atoms with Crippen LogP contribution in [0.4, 0.5) is 0 Å². The number of aromatic nitrogens is 4. The Kier molecular flexibility index (Phi) is 3.83. The molecule has 0 bridgehead atoms. The number of halogens is 1. The highest BCUT2D eigenvalue weighted by Gasteiger charge is 2.21. The molecule has 25 heavy (non-hydrogen) atoms. The van der Waals surface area contributed by atoms with E-state index < -0.39 is 6.04 Å². The summed E-state index contributed by atoms with van der Waals surface area (Å²) in [5, 5.41) is 7.43. The van der Waals surface area contributed by atoms with Gasteiger partial charge < -0.3 is 5.73 Å². The van der Waals surface area contributed by atoms with E-state index in [1.807, 2.05) is 30.3 Å². The monoisotopic (exact) mass is 351 g/mol. The van der Waals surface area contributed by atoms with Crippen LogP contribution in [-0.4, -0.2) is 19.7 Å². The maximum absolute atomic E-state index is 13.1. The summed E-state index contributed by atoms with van der Waals surface area (Å²) in [4.78, 5) is 17.8. The first kappa shape index (κ1) is 15.6. The van der Waals surface area contributed by atoms with Crippen molar-refractivity contribution in [2.45, 2.75) is 6.04 Å². The van der Waals surface area contributed by atoms with Crippen molar-refractivity contribution in [1.82, 2.24) is 19.7 Å². The van der Waals surface area contributed by atoms with Crippen LogP contribution in [0.15, 0.2) is 65.6 Å². The van der Waals surface area contributed by atoms with Gasteiger partial charge in [0.05, 0.1) is 28.2 Å². The third-order valence-electron chi connectivity index (χ3n) is 4.04. The Morgan fingerprint density at radius 1 is 1.08 bits per heavy atom. The summed E-state index contributed by atoms with van der Waals surface area (Å²) < 4.78 is 1.43. The summed E-state index contributed by atoms with van der Waals surface area (Å²) in [5.74, 6) is 0.899. The molecule has 4 rings (SSSR count). The number of rotatable bonds is 3. The molecule has 124 valence electrons. The number of benzene rings is 2. The van der Waals surface area contributed by atoms with Crippen molar-refractivity contribution in [2.24, 2.45) is 5.73 Å². The predicted molar refractivity (Wildman–Crippen MR) is 97.0 cm³/mol. The van der Waals surface area contributed by atoms with Crippen LogP contribution < -0.4 is 11.3 Å². The molecule has 0 aliphatic carbocycles. The topological polar surface area (TPSA) is 89.6 Å². The molecular weight excluding hydrogens is 338 g/mol. The van der Waals surface area contributed by atoms with Gasteiger partial charge in [0.2, 0.25) is 0 Å². The van der Waals surface area contributed by atoms with Gasteiger partial charge in [0.25, 0.3) is 5.56 Å². The Morgan fingerprint density at radius 3 is 2.60 bits per heavy atom.